The third-order valence-corrected chi connectivity index (χ3v) is 6.32. The maximum Gasteiger partial charge on any atom is 0.416 e. The Bertz CT molecular complexity index is 842. The highest BCUT2D eigenvalue weighted by Crippen LogP contribution is 2.41. The van der Waals surface area contributed by atoms with Crippen molar-refractivity contribution in [2.24, 2.45) is 5.41 Å². The maximum atomic E-state index is 13.5. The summed E-state index contributed by atoms with van der Waals surface area (Å²) in [4.78, 5) is 20.5. The molecular formula is C21H25F3N2O2S. The minimum absolute atomic E-state index is 0.0367. The number of carbonyl (C=O) groups is 1. The zero-order valence-electron chi connectivity index (χ0n) is 16.6. The average Bonchev–Trinajstić information content (AvgIpc) is 3.08. The molecule has 0 N–H and O–H groups in total. The largest absolute Gasteiger partial charge is 0.466 e. The van der Waals surface area contributed by atoms with Crippen LogP contribution in [0.3, 0.4) is 0 Å². The number of aryl methyl sites for hydroxylation is 1. The molecule has 29 heavy (non-hydrogen) atoms. The summed E-state index contributed by atoms with van der Waals surface area (Å²) >= 11 is 1.63. The molecule has 158 valence electrons. The van der Waals surface area contributed by atoms with Crippen LogP contribution in [0.5, 0.6) is 0 Å². The van der Waals surface area contributed by atoms with E-state index >= 15 is 0 Å². The number of thiazole rings is 1. The Morgan fingerprint density at radius 1 is 1.28 bits per heavy atom. The third kappa shape index (κ3) is 5.17. The van der Waals surface area contributed by atoms with Crippen LogP contribution in [0.15, 0.2) is 30.5 Å². The van der Waals surface area contributed by atoms with Crippen LogP contribution >= 0.6 is 11.3 Å². The van der Waals surface area contributed by atoms with Crippen molar-refractivity contribution in [1.29, 1.82) is 0 Å². The van der Waals surface area contributed by atoms with Crippen LogP contribution in [0.4, 0.5) is 13.2 Å². The standard InChI is InChI=1S/C21H25F3N2O2S/c1-3-28-19(27)20(12-16-6-4-5-7-18(16)21(22,23)24)8-10-26(11-9-20)14-17-13-25-15(2)29-17/h4-7,13H,3,8-12,14H2,1-2H3. The number of piperidine rings is 1. The van der Waals surface area contributed by atoms with E-state index < -0.39 is 23.1 Å². The third-order valence-electron chi connectivity index (χ3n) is 5.42. The fourth-order valence-electron chi connectivity index (χ4n) is 3.89. The van der Waals surface area contributed by atoms with Gasteiger partial charge in [0.15, 0.2) is 0 Å². The maximum absolute atomic E-state index is 13.5. The van der Waals surface area contributed by atoms with Crippen LogP contribution in [0.25, 0.3) is 0 Å². The molecule has 0 bridgehead atoms. The zero-order chi connectivity index (χ0) is 21.1. The van der Waals surface area contributed by atoms with Crippen molar-refractivity contribution in [3.63, 3.8) is 0 Å². The molecule has 1 fully saturated rings. The van der Waals surface area contributed by atoms with Crippen molar-refractivity contribution in [3.05, 3.63) is 51.5 Å². The molecule has 0 aliphatic carbocycles. The summed E-state index contributed by atoms with van der Waals surface area (Å²) < 4.78 is 45.7. The van der Waals surface area contributed by atoms with E-state index in [2.05, 4.69) is 9.88 Å². The Morgan fingerprint density at radius 3 is 2.55 bits per heavy atom. The van der Waals surface area contributed by atoms with Gasteiger partial charge in [-0.15, -0.1) is 11.3 Å². The summed E-state index contributed by atoms with van der Waals surface area (Å²) in [5.74, 6) is -0.398. The number of alkyl halides is 3. The van der Waals surface area contributed by atoms with Gasteiger partial charge in [-0.1, -0.05) is 18.2 Å². The average molecular weight is 427 g/mol. The van der Waals surface area contributed by atoms with E-state index in [9.17, 15) is 18.0 Å². The lowest BCUT2D eigenvalue weighted by atomic mass is 9.73. The SMILES string of the molecule is CCOC(=O)C1(Cc2ccccc2C(F)(F)F)CCN(Cc2cnc(C)s2)CC1. The topological polar surface area (TPSA) is 42.4 Å². The number of nitrogens with zero attached hydrogens (tertiary/aromatic N) is 2. The number of hydrogen-bond donors (Lipinski definition) is 0. The van der Waals surface area contributed by atoms with E-state index in [-0.39, 0.29) is 18.6 Å². The van der Waals surface area contributed by atoms with Crippen molar-refractivity contribution >= 4 is 17.3 Å². The number of benzene rings is 1. The van der Waals surface area contributed by atoms with Gasteiger partial charge in [-0.05, 0) is 57.8 Å². The predicted molar refractivity (Wildman–Crippen MR) is 106 cm³/mol. The zero-order valence-corrected chi connectivity index (χ0v) is 17.4. The molecule has 0 unspecified atom stereocenters. The normalized spacial score (nSPS) is 17.3. The van der Waals surface area contributed by atoms with Crippen LogP contribution in [-0.2, 0) is 28.7 Å². The fourth-order valence-corrected chi connectivity index (χ4v) is 4.73. The van der Waals surface area contributed by atoms with Crippen molar-refractivity contribution in [1.82, 2.24) is 9.88 Å². The van der Waals surface area contributed by atoms with Crippen molar-refractivity contribution in [2.75, 3.05) is 19.7 Å². The first kappa shape index (κ1) is 21.8. The number of likely N-dealkylation sites (tertiary alicyclic amines) is 1. The highest BCUT2D eigenvalue weighted by Gasteiger charge is 2.44. The van der Waals surface area contributed by atoms with E-state index in [0.29, 0.717) is 25.9 Å². The Balaban J connectivity index is 1.79. The molecule has 0 saturated carbocycles. The number of aromatic nitrogens is 1. The van der Waals surface area contributed by atoms with Crippen molar-refractivity contribution < 1.29 is 22.7 Å². The van der Waals surface area contributed by atoms with Gasteiger partial charge in [0.05, 0.1) is 22.6 Å². The smallest absolute Gasteiger partial charge is 0.416 e. The summed E-state index contributed by atoms with van der Waals surface area (Å²) in [5.41, 5.74) is -1.46. The van der Waals surface area contributed by atoms with Gasteiger partial charge < -0.3 is 4.74 Å². The van der Waals surface area contributed by atoms with Crippen LogP contribution in [0, 0.1) is 12.3 Å². The van der Waals surface area contributed by atoms with E-state index in [1.807, 2.05) is 13.1 Å². The van der Waals surface area contributed by atoms with Gasteiger partial charge >= 0.3 is 12.1 Å². The van der Waals surface area contributed by atoms with E-state index in [0.717, 1.165) is 22.5 Å². The minimum atomic E-state index is -4.45. The molecular weight excluding hydrogens is 401 g/mol. The molecule has 1 aromatic carbocycles. The molecule has 3 rings (SSSR count). The van der Waals surface area contributed by atoms with Gasteiger partial charge in [0.1, 0.15) is 0 Å². The number of halogens is 3. The lowest BCUT2D eigenvalue weighted by Gasteiger charge is -2.40. The highest BCUT2D eigenvalue weighted by atomic mass is 32.1. The predicted octanol–water partition coefficient (Wildman–Crippen LogP) is 4.86. The number of ether oxygens (including phenoxy) is 1. The molecule has 2 heterocycles. The van der Waals surface area contributed by atoms with Gasteiger partial charge in [0.2, 0.25) is 0 Å². The molecule has 1 saturated heterocycles. The van der Waals surface area contributed by atoms with Gasteiger partial charge in [0.25, 0.3) is 0 Å². The Morgan fingerprint density at radius 2 is 1.97 bits per heavy atom. The Hall–Kier alpha value is -1.93. The summed E-state index contributed by atoms with van der Waals surface area (Å²) in [6, 6.07) is 5.51. The number of rotatable bonds is 6. The van der Waals surface area contributed by atoms with Crippen LogP contribution in [0.1, 0.15) is 40.8 Å². The molecule has 8 heteroatoms. The quantitative estimate of drug-likeness (QED) is 0.619. The second-order valence-corrected chi connectivity index (χ2v) is 8.77. The highest BCUT2D eigenvalue weighted by molar-refractivity contribution is 7.11. The van der Waals surface area contributed by atoms with Crippen LogP contribution < -0.4 is 0 Å². The van der Waals surface area contributed by atoms with Gasteiger partial charge in [-0.3, -0.25) is 9.69 Å². The first-order chi connectivity index (χ1) is 13.7. The van der Waals surface area contributed by atoms with Crippen LogP contribution in [0.2, 0.25) is 0 Å². The summed E-state index contributed by atoms with van der Waals surface area (Å²) in [7, 11) is 0. The lowest BCUT2D eigenvalue weighted by molar-refractivity contribution is -0.159. The number of esters is 1. The lowest BCUT2D eigenvalue weighted by Crippen LogP contribution is -2.46. The molecule has 4 nitrogen and oxygen atoms in total. The van der Waals surface area contributed by atoms with Crippen molar-refractivity contribution in [3.8, 4) is 0 Å². The minimum Gasteiger partial charge on any atom is -0.466 e. The molecule has 1 aliphatic heterocycles. The molecule has 0 spiro atoms. The Labute approximate surface area is 172 Å². The molecule has 0 atom stereocenters. The monoisotopic (exact) mass is 426 g/mol. The van der Waals surface area contributed by atoms with E-state index in [4.69, 9.17) is 4.74 Å². The summed E-state index contributed by atoms with van der Waals surface area (Å²) in [6.45, 7) is 5.88. The Kier molecular flexibility index (Phi) is 6.63. The first-order valence-electron chi connectivity index (χ1n) is 9.69. The first-order valence-corrected chi connectivity index (χ1v) is 10.5. The number of hydrogen-bond acceptors (Lipinski definition) is 5. The van der Waals surface area contributed by atoms with Gasteiger partial charge in [-0.2, -0.15) is 13.2 Å². The molecule has 0 radical (unpaired) electrons. The fraction of sp³-hybridized carbons (Fsp3) is 0.524. The second kappa shape index (κ2) is 8.83. The van der Waals surface area contributed by atoms with Crippen LogP contribution in [-0.4, -0.2) is 35.5 Å². The molecule has 0 amide bonds. The van der Waals surface area contributed by atoms with Gasteiger partial charge in [-0.25, -0.2) is 4.98 Å². The van der Waals surface area contributed by atoms with Gasteiger partial charge in [0, 0.05) is 17.6 Å². The molecule has 1 aromatic heterocycles. The second-order valence-electron chi connectivity index (χ2n) is 7.45. The molecule has 1 aliphatic rings. The summed E-state index contributed by atoms with van der Waals surface area (Å²) in [6.07, 6.45) is -1.62. The number of carbonyl (C=O) groups excluding carboxylic acids is 1. The van der Waals surface area contributed by atoms with Crippen molar-refractivity contribution in [2.45, 2.75) is 45.8 Å². The van der Waals surface area contributed by atoms with E-state index in [1.165, 1.54) is 12.1 Å². The van der Waals surface area contributed by atoms with E-state index in [1.54, 1.807) is 24.3 Å². The molecule has 2 aromatic rings. The summed E-state index contributed by atoms with van der Waals surface area (Å²) in [5, 5.41) is 1.00.